The maximum absolute atomic E-state index is 6.78. The van der Waals surface area contributed by atoms with Crippen molar-refractivity contribution in [3.8, 4) is 91.9 Å². The number of nitrogens with one attached hydrogen (secondary N) is 2. The Morgan fingerprint density at radius 2 is 0.467 bits per heavy atom. The molecule has 0 spiro atoms. The third-order valence-corrected chi connectivity index (χ3v) is 17.9. The van der Waals surface area contributed by atoms with Gasteiger partial charge in [-0.1, -0.05) is 23.7 Å². The molecule has 8 bridgehead atoms. The van der Waals surface area contributed by atoms with Gasteiger partial charge in [-0.05, 0) is 132 Å². The summed E-state index contributed by atoms with van der Waals surface area (Å²) in [5, 5.41) is 0. The number of benzene rings is 4. The summed E-state index contributed by atoms with van der Waals surface area (Å²) in [6.45, 7) is 11.5. The first-order valence-corrected chi connectivity index (χ1v) is 40.8. The van der Waals surface area contributed by atoms with Crippen molar-refractivity contribution in [2.24, 2.45) is 0 Å². The molecule has 0 fully saturated rings. The Labute approximate surface area is 715 Å². The monoisotopic (exact) mass is 1690 g/mol. The van der Waals surface area contributed by atoms with Gasteiger partial charge < -0.3 is 133 Å². The fraction of sp³-hybridized carbons (Fsp3) is 0.478. The Morgan fingerprint density at radius 1 is 0.238 bits per heavy atom. The van der Waals surface area contributed by atoms with Crippen molar-refractivity contribution in [3.05, 3.63) is 142 Å². The molecule has 0 saturated carbocycles. The molecule has 662 valence electrons. The number of methoxy groups -OCH3 is 8. The van der Waals surface area contributed by atoms with E-state index in [0.29, 0.717) is 283 Å². The van der Waals surface area contributed by atoms with Crippen molar-refractivity contribution in [3.63, 3.8) is 0 Å². The zero-order valence-corrected chi connectivity index (χ0v) is 71.5. The van der Waals surface area contributed by atoms with Crippen LogP contribution in [0.1, 0.15) is 45.0 Å². The van der Waals surface area contributed by atoms with Crippen LogP contribution in [0.2, 0.25) is 0 Å². The van der Waals surface area contributed by atoms with E-state index in [1.165, 1.54) is 0 Å². The van der Waals surface area contributed by atoms with Crippen LogP contribution in [0.5, 0.6) is 46.0 Å². The summed E-state index contributed by atoms with van der Waals surface area (Å²) in [6, 6.07) is 30.7. The van der Waals surface area contributed by atoms with Gasteiger partial charge in [-0.2, -0.15) is 0 Å². The number of rotatable bonds is 64. The van der Waals surface area contributed by atoms with Crippen molar-refractivity contribution >= 4 is 46.4 Å². The van der Waals surface area contributed by atoms with Crippen LogP contribution in [0.25, 0.3) is 68.6 Å². The normalized spacial score (nSPS) is 11.5. The standard InChI is InChI=1S/C92H118N4O26/c1-97-29-35-105-41-47-111-53-59-117-85-65-71(66-86(118-60-54-112-48-42-106-36-30-98-2)91(85)121-63-57-115-51-45-109-39-33-101-5)89-81-25-21-77(93-81)75(19-13-69-9-15-73(103-7)16-10-69)79-23-27-83(95-79)90(84-28-24-80(96-84)76(78-22-26-82(89)94-78)20-14-70-11-17-74(104-8)18-12-70)72-67-87(119-61-55-113-49-43-107-37-31-99-3)92(122-64-58-116-52-46-110-40-34-102-6)88(68-72)120-62-56-114-50-44-108-38-32-100-4/h9-12,15-18,21-28,65-68,93,96H,29-64H2,1-8H3. The zero-order valence-electron chi connectivity index (χ0n) is 71.5. The van der Waals surface area contributed by atoms with Crippen LogP contribution in [-0.2, 0) is 85.3 Å². The van der Waals surface area contributed by atoms with Crippen LogP contribution in [-0.4, -0.2) is 315 Å². The maximum Gasteiger partial charge on any atom is 0.203 e. The average Bonchev–Trinajstić information content (AvgIpc) is 1.71. The van der Waals surface area contributed by atoms with Gasteiger partial charge in [-0.25, -0.2) is 9.97 Å². The van der Waals surface area contributed by atoms with Crippen LogP contribution in [0.3, 0.4) is 0 Å². The highest BCUT2D eigenvalue weighted by molar-refractivity contribution is 5.96. The van der Waals surface area contributed by atoms with Crippen molar-refractivity contribution in [1.82, 2.24) is 19.9 Å². The van der Waals surface area contributed by atoms with E-state index in [9.17, 15) is 0 Å². The van der Waals surface area contributed by atoms with Gasteiger partial charge in [0.05, 0.1) is 257 Å². The molecule has 2 N–H and O–H groups in total. The number of nitrogens with zero attached hydrogens (tertiary/aromatic N) is 2. The lowest BCUT2D eigenvalue weighted by atomic mass is 10.0. The van der Waals surface area contributed by atoms with E-state index in [0.717, 1.165) is 11.1 Å². The number of aromatic nitrogens is 4. The van der Waals surface area contributed by atoms with Crippen molar-refractivity contribution in [2.75, 3.05) is 295 Å². The number of hydrogen-bond donors (Lipinski definition) is 2. The van der Waals surface area contributed by atoms with Gasteiger partial charge in [0, 0.05) is 75.9 Å². The first-order valence-electron chi connectivity index (χ1n) is 40.8. The minimum atomic E-state index is 0.111. The van der Waals surface area contributed by atoms with Crippen molar-refractivity contribution in [2.45, 2.75) is 0 Å². The molecule has 3 aromatic heterocycles. The van der Waals surface area contributed by atoms with Crippen LogP contribution in [0.4, 0.5) is 0 Å². The minimum Gasteiger partial charge on any atom is -0.497 e. The molecule has 2 aliphatic rings. The van der Waals surface area contributed by atoms with E-state index >= 15 is 0 Å². The van der Waals surface area contributed by atoms with Gasteiger partial charge in [-0.15, -0.1) is 0 Å². The molecule has 0 amide bonds. The summed E-state index contributed by atoms with van der Waals surface area (Å²) in [5.74, 6) is 17.4. The summed E-state index contributed by atoms with van der Waals surface area (Å²) in [6.07, 6.45) is 7.84. The van der Waals surface area contributed by atoms with Crippen LogP contribution in [0.15, 0.2) is 97.1 Å². The predicted molar refractivity (Wildman–Crippen MR) is 462 cm³/mol. The molecule has 30 nitrogen and oxygen atoms in total. The highest BCUT2D eigenvalue weighted by atomic mass is 16.6. The number of fused-ring (bicyclic) bond motifs is 8. The second-order valence-electron chi connectivity index (χ2n) is 26.5. The summed E-state index contributed by atoms with van der Waals surface area (Å²) in [7, 11) is 13.0. The van der Waals surface area contributed by atoms with Gasteiger partial charge in [0.15, 0.2) is 23.0 Å². The van der Waals surface area contributed by atoms with E-state index in [1.807, 2.05) is 121 Å². The van der Waals surface area contributed by atoms with Gasteiger partial charge in [-0.3, -0.25) is 0 Å². The Balaban J connectivity index is 1.28. The molecule has 0 atom stereocenters. The fourth-order valence-electron chi connectivity index (χ4n) is 11.9. The van der Waals surface area contributed by atoms with Crippen molar-refractivity contribution in [1.29, 1.82) is 0 Å². The molecule has 0 saturated heterocycles. The van der Waals surface area contributed by atoms with Gasteiger partial charge >= 0.3 is 0 Å². The maximum atomic E-state index is 6.78. The van der Waals surface area contributed by atoms with E-state index in [4.69, 9.17) is 133 Å². The number of ether oxygens (including phenoxy) is 26. The molecule has 0 aliphatic carbocycles. The quantitative estimate of drug-likeness (QED) is 0.0264. The molecule has 122 heavy (non-hydrogen) atoms. The SMILES string of the molecule is COCCOCCOCCOc1cc(-c2c3nc(c(C#Cc4ccc(OC)cc4)c4ccc([nH]4)c(-c4cc(OCCOCCOCCOC)c(OCCOCCOCCOC)c(OCCOCCOCCOC)c4)c4nc(c(C#Cc5ccc(OC)cc5)c5ccc2[nH]5)C=C4)C=C3)cc(OCCOCCOCCOC)c1OCCOCCOCCOC. The first-order chi connectivity index (χ1) is 60.3. The van der Waals surface area contributed by atoms with Crippen LogP contribution < -0.4 is 37.9 Å². The van der Waals surface area contributed by atoms with Gasteiger partial charge in [0.2, 0.25) is 11.5 Å². The largest absolute Gasteiger partial charge is 0.497 e. The molecule has 7 aromatic rings. The van der Waals surface area contributed by atoms with Gasteiger partial charge in [0.25, 0.3) is 0 Å². The lowest BCUT2D eigenvalue weighted by molar-refractivity contribution is 0.0146. The zero-order chi connectivity index (χ0) is 85.5. The fourth-order valence-corrected chi connectivity index (χ4v) is 11.9. The van der Waals surface area contributed by atoms with E-state index in [-0.39, 0.29) is 79.3 Å². The lowest BCUT2D eigenvalue weighted by Crippen LogP contribution is -2.15. The molecule has 0 radical (unpaired) electrons. The molecule has 0 unspecified atom stereocenters. The summed E-state index contributed by atoms with van der Waals surface area (Å²) < 4.78 is 153. The Morgan fingerprint density at radius 3 is 0.721 bits per heavy atom. The number of H-pyrrole nitrogens is 2. The Bertz CT molecular complexity index is 4160. The number of aromatic amines is 2. The summed E-state index contributed by atoms with van der Waals surface area (Å²) >= 11 is 0. The van der Waals surface area contributed by atoms with E-state index < -0.39 is 0 Å². The third-order valence-electron chi connectivity index (χ3n) is 17.9. The smallest absolute Gasteiger partial charge is 0.203 e. The molecular formula is C92H118N4O26. The van der Waals surface area contributed by atoms with Crippen LogP contribution >= 0.6 is 0 Å². The highest BCUT2D eigenvalue weighted by Gasteiger charge is 2.25. The molecule has 4 aromatic carbocycles. The molecular weight excluding hydrogens is 1580 g/mol. The Kier molecular flexibility index (Phi) is 46.0. The summed E-state index contributed by atoms with van der Waals surface area (Å²) in [5.41, 5.74) is 9.76. The topological polar surface area (TPSA) is 297 Å². The second-order valence-corrected chi connectivity index (χ2v) is 26.5. The molecule has 30 heteroatoms. The summed E-state index contributed by atoms with van der Waals surface area (Å²) in [4.78, 5) is 18.8. The lowest BCUT2D eigenvalue weighted by Gasteiger charge is -2.19. The number of hydrogen-bond acceptors (Lipinski definition) is 28. The van der Waals surface area contributed by atoms with Gasteiger partial charge in [0.1, 0.15) is 51.1 Å². The molecule has 5 heterocycles. The van der Waals surface area contributed by atoms with E-state index in [1.54, 1.807) is 56.9 Å². The minimum absolute atomic E-state index is 0.111. The molecule has 9 rings (SSSR count). The average molecular weight is 1700 g/mol. The second kappa shape index (κ2) is 58.4. The van der Waals surface area contributed by atoms with E-state index in [2.05, 4.69) is 33.6 Å². The Hall–Kier alpha value is -9.72. The molecule has 2 aliphatic heterocycles. The first kappa shape index (κ1) is 96.1. The predicted octanol–water partition coefficient (Wildman–Crippen LogP) is 11.2. The van der Waals surface area contributed by atoms with Crippen LogP contribution in [0, 0.1) is 23.7 Å². The third kappa shape index (κ3) is 33.5. The van der Waals surface area contributed by atoms with Crippen molar-refractivity contribution < 1.29 is 123 Å². The highest BCUT2D eigenvalue weighted by Crippen LogP contribution is 2.46.